The van der Waals surface area contributed by atoms with Gasteiger partial charge in [0.1, 0.15) is 24.1 Å². The van der Waals surface area contributed by atoms with E-state index >= 15 is 0 Å². The number of hydrogen-bond donors (Lipinski definition) is 6. The Bertz CT molecular complexity index is 1400. The average molecular weight is 544 g/mol. The SMILES string of the molecule is CC(C)c1c(CCC(=O)O[C@@H]2O[C@H](C(=O)O)[C@@H](O)[C@H](O)[C@H]2O)c2cc(N)c(C=N)cc2n1-c1ccc(F)cc1. The minimum atomic E-state index is -1.91. The zero-order valence-corrected chi connectivity index (χ0v) is 21.2. The molecule has 1 fully saturated rings. The first-order chi connectivity index (χ1) is 18.4. The van der Waals surface area contributed by atoms with Crippen molar-refractivity contribution in [2.24, 2.45) is 0 Å². The van der Waals surface area contributed by atoms with Gasteiger partial charge in [-0.15, -0.1) is 0 Å². The second-order valence-corrected chi connectivity index (χ2v) is 9.70. The zero-order chi connectivity index (χ0) is 28.6. The molecule has 3 aromatic rings. The smallest absolute Gasteiger partial charge is 0.335 e. The molecule has 208 valence electrons. The highest BCUT2D eigenvalue weighted by molar-refractivity contribution is 5.98. The van der Waals surface area contributed by atoms with Crippen LogP contribution in [-0.4, -0.2) is 73.9 Å². The van der Waals surface area contributed by atoms with Crippen molar-refractivity contribution in [3.63, 3.8) is 0 Å². The quantitative estimate of drug-likeness (QED) is 0.140. The molecule has 1 aliphatic rings. The van der Waals surface area contributed by atoms with Crippen LogP contribution in [-0.2, 0) is 25.5 Å². The number of esters is 1. The summed E-state index contributed by atoms with van der Waals surface area (Å²) in [5.74, 6) is -2.89. The normalized spacial score (nSPS) is 23.2. The van der Waals surface area contributed by atoms with Crippen molar-refractivity contribution >= 4 is 34.7 Å². The predicted molar refractivity (Wildman–Crippen MR) is 138 cm³/mol. The number of aryl methyl sites for hydroxylation is 1. The monoisotopic (exact) mass is 543 g/mol. The van der Waals surface area contributed by atoms with E-state index < -0.39 is 48.5 Å². The maximum Gasteiger partial charge on any atom is 0.335 e. The van der Waals surface area contributed by atoms with Crippen LogP contribution in [0.25, 0.3) is 16.6 Å². The minimum absolute atomic E-state index is 0.0606. The van der Waals surface area contributed by atoms with Crippen molar-refractivity contribution in [2.45, 2.75) is 63.3 Å². The Hall–Kier alpha value is -3.84. The lowest BCUT2D eigenvalue weighted by atomic mass is 9.98. The topological polar surface area (TPSA) is 188 Å². The molecule has 0 aliphatic carbocycles. The fourth-order valence-electron chi connectivity index (χ4n) is 4.88. The fourth-order valence-corrected chi connectivity index (χ4v) is 4.88. The van der Waals surface area contributed by atoms with E-state index in [1.54, 1.807) is 24.3 Å². The van der Waals surface area contributed by atoms with Gasteiger partial charge >= 0.3 is 11.9 Å². The number of nitrogen functional groups attached to an aromatic ring is 1. The molecule has 0 spiro atoms. The highest BCUT2D eigenvalue weighted by Gasteiger charge is 2.48. The summed E-state index contributed by atoms with van der Waals surface area (Å²) < 4.78 is 25.8. The molecule has 1 aromatic heterocycles. The number of nitrogens with zero attached hydrogens (tertiary/aromatic N) is 1. The molecule has 1 saturated heterocycles. The van der Waals surface area contributed by atoms with Gasteiger partial charge in [-0.05, 0) is 54.3 Å². The number of aliphatic hydroxyl groups is 3. The van der Waals surface area contributed by atoms with Gasteiger partial charge in [-0.2, -0.15) is 0 Å². The van der Waals surface area contributed by atoms with Gasteiger partial charge < -0.3 is 45.6 Å². The molecular formula is C27H30FN3O8. The molecule has 0 amide bonds. The summed E-state index contributed by atoms with van der Waals surface area (Å²) in [6, 6.07) is 9.38. The second kappa shape index (κ2) is 11.1. The first-order valence-corrected chi connectivity index (χ1v) is 12.3. The van der Waals surface area contributed by atoms with Crippen LogP contribution in [0.5, 0.6) is 0 Å². The molecule has 0 radical (unpaired) electrons. The molecule has 2 heterocycles. The van der Waals surface area contributed by atoms with Gasteiger partial charge in [-0.1, -0.05) is 13.8 Å². The number of aliphatic hydroxyl groups excluding tert-OH is 3. The summed E-state index contributed by atoms with van der Waals surface area (Å²) in [6.45, 7) is 3.92. The third-order valence-corrected chi connectivity index (χ3v) is 6.74. The van der Waals surface area contributed by atoms with Gasteiger partial charge in [0, 0.05) is 40.7 Å². The van der Waals surface area contributed by atoms with Crippen LogP contribution in [0.4, 0.5) is 10.1 Å². The second-order valence-electron chi connectivity index (χ2n) is 9.70. The number of benzene rings is 2. The molecule has 7 N–H and O–H groups in total. The van der Waals surface area contributed by atoms with Gasteiger partial charge in [0.25, 0.3) is 0 Å². The van der Waals surface area contributed by atoms with E-state index in [1.165, 1.54) is 12.1 Å². The van der Waals surface area contributed by atoms with Gasteiger partial charge in [0.15, 0.2) is 6.10 Å². The number of nitrogens with two attached hydrogens (primary N) is 1. The average Bonchev–Trinajstić information content (AvgIpc) is 3.20. The van der Waals surface area contributed by atoms with E-state index in [-0.39, 0.29) is 18.8 Å². The largest absolute Gasteiger partial charge is 0.479 e. The summed E-state index contributed by atoms with van der Waals surface area (Å²) in [6.07, 6.45) is -8.28. The summed E-state index contributed by atoms with van der Waals surface area (Å²) in [4.78, 5) is 24.1. The first kappa shape index (κ1) is 28.2. The third-order valence-electron chi connectivity index (χ3n) is 6.74. The summed E-state index contributed by atoms with van der Waals surface area (Å²) in [7, 11) is 0. The number of carbonyl (C=O) groups is 2. The molecule has 4 rings (SSSR count). The number of fused-ring (bicyclic) bond motifs is 1. The first-order valence-electron chi connectivity index (χ1n) is 12.3. The fraction of sp³-hybridized carbons (Fsp3) is 0.370. The lowest BCUT2D eigenvalue weighted by Crippen LogP contribution is -2.60. The summed E-state index contributed by atoms with van der Waals surface area (Å²) >= 11 is 0. The van der Waals surface area contributed by atoms with E-state index in [9.17, 15) is 34.4 Å². The van der Waals surface area contributed by atoms with Crippen LogP contribution in [0.3, 0.4) is 0 Å². The summed E-state index contributed by atoms with van der Waals surface area (Å²) in [5.41, 5.74) is 9.98. The highest BCUT2D eigenvalue weighted by atomic mass is 19.1. The van der Waals surface area contributed by atoms with Crippen LogP contribution in [0.2, 0.25) is 0 Å². The Labute approximate surface area is 222 Å². The van der Waals surface area contributed by atoms with Crippen molar-refractivity contribution < 1.29 is 43.9 Å². The number of rotatable bonds is 8. The Morgan fingerprint density at radius 3 is 2.41 bits per heavy atom. The molecule has 0 bridgehead atoms. The van der Waals surface area contributed by atoms with E-state index in [2.05, 4.69) is 0 Å². The maximum absolute atomic E-state index is 13.7. The van der Waals surface area contributed by atoms with Crippen molar-refractivity contribution in [3.05, 3.63) is 59.0 Å². The van der Waals surface area contributed by atoms with E-state index in [0.29, 0.717) is 22.5 Å². The molecule has 39 heavy (non-hydrogen) atoms. The standard InChI is InChI=1S/C27H30FN3O8/c1-12(2)21-16(7-8-20(32)38-27-24(35)22(33)23(34)25(39-27)26(36)37)17-10-18(30)13(11-29)9-19(17)31(21)15-5-3-14(28)4-6-15/h3-6,9-12,22-25,27,29,33-35H,7-8,30H2,1-2H3,(H,36,37)/t22-,23-,24+,25-,27+/m0/s1. The van der Waals surface area contributed by atoms with Crippen LogP contribution >= 0.6 is 0 Å². The minimum Gasteiger partial charge on any atom is -0.479 e. The Kier molecular flexibility index (Phi) is 8.02. The Morgan fingerprint density at radius 2 is 1.82 bits per heavy atom. The maximum atomic E-state index is 13.7. The van der Waals surface area contributed by atoms with E-state index in [4.69, 9.17) is 20.6 Å². The van der Waals surface area contributed by atoms with Crippen LogP contribution in [0.1, 0.15) is 43.0 Å². The predicted octanol–water partition coefficient (Wildman–Crippen LogP) is 1.84. The van der Waals surface area contributed by atoms with Crippen molar-refractivity contribution in [2.75, 3.05) is 5.73 Å². The number of hydrogen-bond acceptors (Lipinski definition) is 9. The van der Waals surface area contributed by atoms with Gasteiger partial charge in [0.05, 0.1) is 5.52 Å². The number of carbonyl (C=O) groups excluding carboxylic acids is 1. The number of halogens is 1. The van der Waals surface area contributed by atoms with Crippen LogP contribution < -0.4 is 5.73 Å². The van der Waals surface area contributed by atoms with Crippen LogP contribution in [0, 0.1) is 11.2 Å². The third kappa shape index (κ3) is 5.36. The van der Waals surface area contributed by atoms with Crippen LogP contribution in [0.15, 0.2) is 36.4 Å². The number of carboxylic acids is 1. The number of ether oxygens (including phenoxy) is 2. The highest BCUT2D eigenvalue weighted by Crippen LogP contribution is 2.37. The zero-order valence-electron chi connectivity index (χ0n) is 21.2. The molecule has 5 atom stereocenters. The number of anilines is 1. The van der Waals surface area contributed by atoms with Crippen molar-refractivity contribution in [1.29, 1.82) is 5.41 Å². The van der Waals surface area contributed by atoms with Gasteiger partial charge in [-0.25, -0.2) is 9.18 Å². The van der Waals surface area contributed by atoms with Crippen molar-refractivity contribution in [1.82, 2.24) is 4.57 Å². The Balaban J connectivity index is 1.68. The van der Waals surface area contributed by atoms with Gasteiger partial charge in [0.2, 0.25) is 6.29 Å². The lowest BCUT2D eigenvalue weighted by molar-refractivity contribution is -0.286. The summed E-state index contributed by atoms with van der Waals surface area (Å²) in [5, 5.41) is 47.6. The molecule has 1 aliphatic heterocycles. The molecule has 12 heteroatoms. The number of aromatic nitrogens is 1. The molecule has 11 nitrogen and oxygen atoms in total. The molecular weight excluding hydrogens is 513 g/mol. The molecule has 2 aromatic carbocycles. The molecule has 0 unspecified atom stereocenters. The van der Waals surface area contributed by atoms with Gasteiger partial charge in [-0.3, -0.25) is 4.79 Å². The number of nitrogens with one attached hydrogen (secondary N) is 1. The van der Waals surface area contributed by atoms with E-state index in [0.717, 1.165) is 22.9 Å². The van der Waals surface area contributed by atoms with E-state index in [1.807, 2.05) is 18.4 Å². The number of carboxylic acid groups (broad SMARTS) is 1. The lowest BCUT2D eigenvalue weighted by Gasteiger charge is -2.37. The Morgan fingerprint density at radius 1 is 1.15 bits per heavy atom. The van der Waals surface area contributed by atoms with Crippen molar-refractivity contribution in [3.8, 4) is 5.69 Å². The number of aliphatic carboxylic acids is 1. The molecule has 0 saturated carbocycles.